The number of carbonyl (C=O) groups excluding carboxylic acids is 2. The number of nitrogens with zero attached hydrogens (tertiary/aromatic N) is 3. The number of benzene rings is 1. The van der Waals surface area contributed by atoms with Crippen LogP contribution in [-0.4, -0.2) is 101 Å². The number of rotatable bonds is 5. The predicted molar refractivity (Wildman–Crippen MR) is 125 cm³/mol. The summed E-state index contributed by atoms with van der Waals surface area (Å²) >= 11 is 6.02. The summed E-state index contributed by atoms with van der Waals surface area (Å²) in [5.74, 6) is -0.669. The molecular weight excluding hydrogens is 430 g/mol. The molecule has 2 aromatic rings. The molecule has 32 heavy (non-hydrogen) atoms. The Kier molecular flexibility index (Phi) is 7.05. The molecule has 2 fully saturated rings. The number of likely N-dealkylation sites (tertiary alicyclic amines) is 1. The SMILES string of the molecule is C[C@@H](O)[C@@H](NC(=O)c1cc2cc(Cl)ccc2[nH]1)C(=O)N1CCN(C2CCN(C)CC2)CC1. The highest BCUT2D eigenvalue weighted by atomic mass is 35.5. The van der Waals surface area contributed by atoms with Gasteiger partial charge in [-0.05, 0) is 64.2 Å². The Morgan fingerprint density at radius 1 is 1.12 bits per heavy atom. The summed E-state index contributed by atoms with van der Waals surface area (Å²) in [5, 5.41) is 14.4. The number of piperidine rings is 1. The van der Waals surface area contributed by atoms with Gasteiger partial charge in [0, 0.05) is 48.1 Å². The largest absolute Gasteiger partial charge is 0.391 e. The van der Waals surface area contributed by atoms with E-state index in [0.29, 0.717) is 29.8 Å². The van der Waals surface area contributed by atoms with Crippen LogP contribution in [0, 0.1) is 0 Å². The van der Waals surface area contributed by atoms with Gasteiger partial charge in [-0.1, -0.05) is 11.6 Å². The Hall–Kier alpha value is -2.13. The lowest BCUT2D eigenvalue weighted by molar-refractivity contribution is -0.138. The van der Waals surface area contributed by atoms with Gasteiger partial charge in [0.05, 0.1) is 6.10 Å². The number of hydrogen-bond donors (Lipinski definition) is 3. The van der Waals surface area contributed by atoms with Crippen molar-refractivity contribution in [3.05, 3.63) is 35.0 Å². The van der Waals surface area contributed by atoms with Crippen molar-refractivity contribution < 1.29 is 14.7 Å². The molecule has 8 nitrogen and oxygen atoms in total. The summed E-state index contributed by atoms with van der Waals surface area (Å²) in [5.41, 5.74) is 1.11. The number of aliphatic hydroxyl groups is 1. The third-order valence-corrected chi connectivity index (χ3v) is 6.93. The quantitative estimate of drug-likeness (QED) is 0.628. The number of piperazine rings is 1. The van der Waals surface area contributed by atoms with E-state index in [4.69, 9.17) is 11.6 Å². The maximum absolute atomic E-state index is 13.1. The zero-order valence-electron chi connectivity index (χ0n) is 18.7. The molecule has 2 amide bonds. The number of aromatic nitrogens is 1. The van der Waals surface area contributed by atoms with E-state index in [9.17, 15) is 14.7 Å². The minimum Gasteiger partial charge on any atom is -0.391 e. The molecule has 2 aliphatic heterocycles. The van der Waals surface area contributed by atoms with E-state index in [0.717, 1.165) is 49.9 Å². The summed E-state index contributed by atoms with van der Waals surface area (Å²) in [4.78, 5) is 35.6. The molecule has 2 aliphatic rings. The summed E-state index contributed by atoms with van der Waals surface area (Å²) < 4.78 is 0. The van der Waals surface area contributed by atoms with E-state index in [-0.39, 0.29) is 5.91 Å². The molecule has 1 aromatic carbocycles. The van der Waals surface area contributed by atoms with Gasteiger partial charge in [-0.2, -0.15) is 0 Å². The Morgan fingerprint density at radius 2 is 1.81 bits per heavy atom. The van der Waals surface area contributed by atoms with Crippen LogP contribution >= 0.6 is 11.6 Å². The maximum Gasteiger partial charge on any atom is 0.268 e. The second-order valence-electron chi connectivity index (χ2n) is 9.00. The smallest absolute Gasteiger partial charge is 0.268 e. The Balaban J connectivity index is 1.37. The van der Waals surface area contributed by atoms with Crippen LogP contribution in [0.5, 0.6) is 0 Å². The zero-order chi connectivity index (χ0) is 22.8. The second-order valence-corrected chi connectivity index (χ2v) is 9.44. The van der Waals surface area contributed by atoms with Crippen molar-refractivity contribution in [3.63, 3.8) is 0 Å². The molecule has 0 saturated carbocycles. The first-order valence-electron chi connectivity index (χ1n) is 11.3. The van der Waals surface area contributed by atoms with Gasteiger partial charge >= 0.3 is 0 Å². The van der Waals surface area contributed by atoms with Crippen LogP contribution in [-0.2, 0) is 4.79 Å². The lowest BCUT2D eigenvalue weighted by atomic mass is 10.0. The summed E-state index contributed by atoms with van der Waals surface area (Å²) in [7, 11) is 2.16. The van der Waals surface area contributed by atoms with Crippen LogP contribution in [0.1, 0.15) is 30.3 Å². The Morgan fingerprint density at radius 3 is 2.47 bits per heavy atom. The van der Waals surface area contributed by atoms with Gasteiger partial charge in [-0.15, -0.1) is 0 Å². The number of hydrogen-bond acceptors (Lipinski definition) is 5. The molecule has 9 heteroatoms. The number of carbonyl (C=O) groups is 2. The number of aromatic amines is 1. The lowest BCUT2D eigenvalue weighted by Crippen LogP contribution is -2.59. The summed E-state index contributed by atoms with van der Waals surface area (Å²) in [6, 6.07) is 6.59. The molecular formula is C23H32ClN5O3. The van der Waals surface area contributed by atoms with Gasteiger partial charge in [0.15, 0.2) is 0 Å². The van der Waals surface area contributed by atoms with Gasteiger partial charge in [0.1, 0.15) is 11.7 Å². The zero-order valence-corrected chi connectivity index (χ0v) is 19.4. The molecule has 4 rings (SSSR count). The fraction of sp³-hybridized carbons (Fsp3) is 0.565. The van der Waals surface area contributed by atoms with Crippen LogP contribution in [0.25, 0.3) is 10.9 Å². The van der Waals surface area contributed by atoms with Crippen molar-refractivity contribution in [1.82, 2.24) is 25.0 Å². The van der Waals surface area contributed by atoms with Crippen LogP contribution in [0.3, 0.4) is 0 Å². The normalized spacial score (nSPS) is 20.9. The minimum absolute atomic E-state index is 0.240. The molecule has 0 unspecified atom stereocenters. The van der Waals surface area contributed by atoms with Crippen molar-refractivity contribution >= 4 is 34.3 Å². The molecule has 3 N–H and O–H groups in total. The van der Waals surface area contributed by atoms with E-state index in [2.05, 4.69) is 27.1 Å². The molecule has 0 aliphatic carbocycles. The van der Waals surface area contributed by atoms with E-state index in [1.807, 2.05) is 0 Å². The van der Waals surface area contributed by atoms with Gasteiger partial charge in [0.2, 0.25) is 5.91 Å². The van der Waals surface area contributed by atoms with Gasteiger partial charge in [-0.3, -0.25) is 14.5 Å². The Bertz CT molecular complexity index is 962. The van der Waals surface area contributed by atoms with Crippen LogP contribution in [0.15, 0.2) is 24.3 Å². The van der Waals surface area contributed by atoms with Gasteiger partial charge in [-0.25, -0.2) is 0 Å². The van der Waals surface area contributed by atoms with Crippen molar-refractivity contribution in [2.24, 2.45) is 0 Å². The molecule has 3 heterocycles. The first-order valence-corrected chi connectivity index (χ1v) is 11.7. The molecule has 2 saturated heterocycles. The highest BCUT2D eigenvalue weighted by molar-refractivity contribution is 6.31. The molecule has 0 bridgehead atoms. The molecule has 2 atom stereocenters. The average Bonchev–Trinajstić information content (AvgIpc) is 3.21. The average molecular weight is 462 g/mol. The van der Waals surface area contributed by atoms with Crippen molar-refractivity contribution in [3.8, 4) is 0 Å². The number of amides is 2. The fourth-order valence-corrected chi connectivity index (χ4v) is 4.88. The van der Waals surface area contributed by atoms with E-state index in [1.54, 1.807) is 29.2 Å². The number of aliphatic hydroxyl groups excluding tert-OH is 1. The van der Waals surface area contributed by atoms with Gasteiger partial charge in [0.25, 0.3) is 5.91 Å². The monoisotopic (exact) mass is 461 g/mol. The summed E-state index contributed by atoms with van der Waals surface area (Å²) in [6.45, 7) is 6.61. The maximum atomic E-state index is 13.1. The van der Waals surface area contributed by atoms with E-state index < -0.39 is 18.1 Å². The second kappa shape index (κ2) is 9.79. The van der Waals surface area contributed by atoms with E-state index in [1.165, 1.54) is 6.92 Å². The number of halogens is 1. The third kappa shape index (κ3) is 5.09. The molecule has 1 aromatic heterocycles. The topological polar surface area (TPSA) is 91.9 Å². The Labute approximate surface area is 193 Å². The first kappa shape index (κ1) is 23.0. The molecule has 0 radical (unpaired) electrons. The van der Waals surface area contributed by atoms with Crippen molar-refractivity contribution in [2.45, 2.75) is 38.0 Å². The fourth-order valence-electron chi connectivity index (χ4n) is 4.70. The van der Waals surface area contributed by atoms with E-state index >= 15 is 0 Å². The number of H-pyrrole nitrogens is 1. The number of fused-ring (bicyclic) bond motifs is 1. The van der Waals surface area contributed by atoms with Crippen LogP contribution in [0.4, 0.5) is 0 Å². The highest BCUT2D eigenvalue weighted by Crippen LogP contribution is 2.21. The predicted octanol–water partition coefficient (Wildman–Crippen LogP) is 1.54. The van der Waals surface area contributed by atoms with Crippen LogP contribution in [0.2, 0.25) is 5.02 Å². The summed E-state index contributed by atoms with van der Waals surface area (Å²) in [6.07, 6.45) is 1.32. The molecule has 0 spiro atoms. The standard InChI is InChI=1S/C23H32ClN5O3/c1-15(30)21(26-22(31)20-14-16-13-17(24)3-4-19(16)25-20)23(32)29-11-9-28(10-12-29)18-5-7-27(2)8-6-18/h3-4,13-15,18,21,25,30H,5-12H2,1-2H3,(H,26,31)/t15-,21-/m1/s1. The third-order valence-electron chi connectivity index (χ3n) is 6.69. The molecule has 174 valence electrons. The number of nitrogens with one attached hydrogen (secondary N) is 2. The lowest BCUT2D eigenvalue weighted by Gasteiger charge is -2.43. The first-order chi connectivity index (χ1) is 15.3. The van der Waals surface area contributed by atoms with Crippen molar-refractivity contribution in [1.29, 1.82) is 0 Å². The van der Waals surface area contributed by atoms with Gasteiger partial charge < -0.3 is 25.2 Å². The van der Waals surface area contributed by atoms with Crippen molar-refractivity contribution in [2.75, 3.05) is 46.3 Å². The minimum atomic E-state index is -1.00. The van der Waals surface area contributed by atoms with Crippen LogP contribution < -0.4 is 5.32 Å². The highest BCUT2D eigenvalue weighted by Gasteiger charge is 2.34.